The molecule has 0 saturated heterocycles. The van der Waals surface area contributed by atoms with Crippen LogP contribution >= 0.6 is 0 Å². The van der Waals surface area contributed by atoms with Crippen LogP contribution in [0.15, 0.2) is 24.5 Å². The minimum absolute atomic E-state index is 0.232. The number of nitrogens with zero attached hydrogens (tertiary/aromatic N) is 3. The number of hydrogen-bond donors (Lipinski definition) is 1. The predicted octanol–water partition coefficient (Wildman–Crippen LogP) is 1.84. The number of hydrogen-bond acceptors (Lipinski definition) is 3. The molecule has 0 aliphatic heterocycles. The van der Waals surface area contributed by atoms with Crippen LogP contribution in [0.2, 0.25) is 0 Å². The third-order valence-corrected chi connectivity index (χ3v) is 2.55. The zero-order chi connectivity index (χ0) is 12.4. The number of aromatic nitrogens is 3. The standard InChI is InChI=1S/C12H13N3O2/c1-3-10-9(12(16)17)7-14-15(10)11-6-8(2)4-5-13-11/h4-7H,3H2,1-2H3,(H,16,17). The Morgan fingerprint density at radius 3 is 2.88 bits per heavy atom. The van der Waals surface area contributed by atoms with Crippen LogP contribution in [0.25, 0.3) is 5.82 Å². The van der Waals surface area contributed by atoms with E-state index in [0.717, 1.165) is 5.56 Å². The maximum atomic E-state index is 11.0. The van der Waals surface area contributed by atoms with Crippen LogP contribution in [0.1, 0.15) is 28.5 Å². The maximum Gasteiger partial charge on any atom is 0.339 e. The van der Waals surface area contributed by atoms with E-state index in [1.54, 1.807) is 10.9 Å². The summed E-state index contributed by atoms with van der Waals surface area (Å²) < 4.78 is 1.58. The summed E-state index contributed by atoms with van der Waals surface area (Å²) in [6.07, 6.45) is 3.65. The SMILES string of the molecule is CCc1c(C(=O)O)cnn1-c1cc(C)ccn1. The van der Waals surface area contributed by atoms with E-state index in [1.807, 2.05) is 26.0 Å². The van der Waals surface area contributed by atoms with E-state index in [4.69, 9.17) is 5.11 Å². The highest BCUT2D eigenvalue weighted by molar-refractivity contribution is 5.88. The molecule has 5 heteroatoms. The van der Waals surface area contributed by atoms with Gasteiger partial charge in [-0.1, -0.05) is 6.92 Å². The van der Waals surface area contributed by atoms with Crippen LogP contribution < -0.4 is 0 Å². The summed E-state index contributed by atoms with van der Waals surface area (Å²) >= 11 is 0. The molecular formula is C12H13N3O2. The summed E-state index contributed by atoms with van der Waals surface area (Å²) in [6, 6.07) is 3.76. The average Bonchev–Trinajstić information content (AvgIpc) is 2.72. The van der Waals surface area contributed by atoms with E-state index in [0.29, 0.717) is 17.9 Å². The van der Waals surface area contributed by atoms with Gasteiger partial charge in [0.15, 0.2) is 5.82 Å². The number of carbonyl (C=O) groups is 1. The molecule has 0 radical (unpaired) electrons. The van der Waals surface area contributed by atoms with Gasteiger partial charge < -0.3 is 5.11 Å². The molecule has 0 bridgehead atoms. The van der Waals surface area contributed by atoms with Crippen molar-refractivity contribution in [2.24, 2.45) is 0 Å². The molecule has 17 heavy (non-hydrogen) atoms. The predicted molar refractivity (Wildman–Crippen MR) is 62.4 cm³/mol. The van der Waals surface area contributed by atoms with Gasteiger partial charge in [0.25, 0.3) is 0 Å². The average molecular weight is 231 g/mol. The molecule has 0 aliphatic rings. The van der Waals surface area contributed by atoms with Crippen LogP contribution in [0, 0.1) is 6.92 Å². The van der Waals surface area contributed by atoms with Gasteiger partial charge >= 0.3 is 5.97 Å². The van der Waals surface area contributed by atoms with Crippen LogP contribution in [0.3, 0.4) is 0 Å². The van der Waals surface area contributed by atoms with E-state index >= 15 is 0 Å². The molecule has 0 spiro atoms. The van der Waals surface area contributed by atoms with Crippen molar-refractivity contribution in [3.8, 4) is 5.82 Å². The number of carboxylic acid groups (broad SMARTS) is 1. The molecule has 2 rings (SSSR count). The molecule has 2 aromatic heterocycles. The quantitative estimate of drug-likeness (QED) is 0.875. The lowest BCUT2D eigenvalue weighted by Crippen LogP contribution is -2.07. The topological polar surface area (TPSA) is 68.0 Å². The first-order valence-electron chi connectivity index (χ1n) is 5.36. The van der Waals surface area contributed by atoms with Crippen molar-refractivity contribution in [1.82, 2.24) is 14.8 Å². The zero-order valence-corrected chi connectivity index (χ0v) is 9.71. The van der Waals surface area contributed by atoms with Crippen LogP contribution in [0.5, 0.6) is 0 Å². The lowest BCUT2D eigenvalue weighted by Gasteiger charge is -2.06. The van der Waals surface area contributed by atoms with Crippen molar-refractivity contribution in [1.29, 1.82) is 0 Å². The Labute approximate surface area is 98.7 Å². The second-order valence-corrected chi connectivity index (χ2v) is 3.77. The lowest BCUT2D eigenvalue weighted by molar-refractivity contribution is 0.0695. The highest BCUT2D eigenvalue weighted by atomic mass is 16.4. The van der Waals surface area contributed by atoms with Gasteiger partial charge in [-0.3, -0.25) is 0 Å². The molecule has 88 valence electrons. The van der Waals surface area contributed by atoms with Crippen molar-refractivity contribution in [3.63, 3.8) is 0 Å². The molecule has 2 heterocycles. The Balaban J connectivity index is 2.56. The smallest absolute Gasteiger partial charge is 0.339 e. The summed E-state index contributed by atoms with van der Waals surface area (Å²) in [7, 11) is 0. The Kier molecular flexibility index (Phi) is 2.91. The number of aromatic carboxylic acids is 1. The Morgan fingerprint density at radius 1 is 1.53 bits per heavy atom. The normalized spacial score (nSPS) is 10.5. The van der Waals surface area contributed by atoms with E-state index < -0.39 is 5.97 Å². The zero-order valence-electron chi connectivity index (χ0n) is 9.71. The highest BCUT2D eigenvalue weighted by Gasteiger charge is 2.16. The molecule has 5 nitrogen and oxygen atoms in total. The Morgan fingerprint density at radius 2 is 2.29 bits per heavy atom. The summed E-state index contributed by atoms with van der Waals surface area (Å²) in [6.45, 7) is 3.86. The van der Waals surface area contributed by atoms with Crippen molar-refractivity contribution in [2.45, 2.75) is 20.3 Å². The third kappa shape index (κ3) is 2.04. The molecule has 1 N–H and O–H groups in total. The largest absolute Gasteiger partial charge is 0.478 e. The van der Waals surface area contributed by atoms with Crippen LogP contribution in [-0.4, -0.2) is 25.8 Å². The van der Waals surface area contributed by atoms with Crippen LogP contribution in [0.4, 0.5) is 0 Å². The van der Waals surface area contributed by atoms with Gasteiger partial charge in [0.2, 0.25) is 0 Å². The molecule has 0 amide bonds. The highest BCUT2D eigenvalue weighted by Crippen LogP contribution is 2.14. The first-order chi connectivity index (χ1) is 8.13. The molecule has 0 atom stereocenters. The Hall–Kier alpha value is -2.17. The van der Waals surface area contributed by atoms with Gasteiger partial charge in [0.05, 0.1) is 11.9 Å². The van der Waals surface area contributed by atoms with E-state index in [9.17, 15) is 4.79 Å². The second kappa shape index (κ2) is 4.37. The van der Waals surface area contributed by atoms with E-state index in [2.05, 4.69) is 10.1 Å². The van der Waals surface area contributed by atoms with Gasteiger partial charge in [-0.25, -0.2) is 14.5 Å². The van der Waals surface area contributed by atoms with Crippen LogP contribution in [-0.2, 0) is 6.42 Å². The molecule has 0 saturated carbocycles. The fraction of sp³-hybridized carbons (Fsp3) is 0.250. The van der Waals surface area contributed by atoms with Gasteiger partial charge in [0.1, 0.15) is 5.56 Å². The first kappa shape index (κ1) is 11.3. The monoisotopic (exact) mass is 231 g/mol. The molecular weight excluding hydrogens is 218 g/mol. The third-order valence-electron chi connectivity index (χ3n) is 2.55. The minimum Gasteiger partial charge on any atom is -0.478 e. The van der Waals surface area contributed by atoms with Gasteiger partial charge in [0, 0.05) is 6.20 Å². The summed E-state index contributed by atoms with van der Waals surface area (Å²) in [5.41, 5.74) is 1.95. The minimum atomic E-state index is -0.958. The number of pyridine rings is 1. The molecule has 0 fully saturated rings. The van der Waals surface area contributed by atoms with Gasteiger partial charge in [-0.15, -0.1) is 0 Å². The van der Waals surface area contributed by atoms with E-state index in [-0.39, 0.29) is 5.56 Å². The van der Waals surface area contributed by atoms with Crippen molar-refractivity contribution < 1.29 is 9.90 Å². The molecule has 0 aliphatic carbocycles. The summed E-state index contributed by atoms with van der Waals surface area (Å²) in [5, 5.41) is 13.1. The maximum absolute atomic E-state index is 11.0. The lowest BCUT2D eigenvalue weighted by atomic mass is 10.2. The first-order valence-corrected chi connectivity index (χ1v) is 5.36. The van der Waals surface area contributed by atoms with E-state index in [1.165, 1.54) is 6.20 Å². The number of rotatable bonds is 3. The fourth-order valence-electron chi connectivity index (χ4n) is 1.73. The summed E-state index contributed by atoms with van der Waals surface area (Å²) in [5.74, 6) is -0.310. The molecule has 0 unspecified atom stereocenters. The number of aryl methyl sites for hydroxylation is 1. The van der Waals surface area contributed by atoms with Gasteiger partial charge in [-0.2, -0.15) is 5.10 Å². The molecule has 2 aromatic rings. The van der Waals surface area contributed by atoms with Crippen molar-refractivity contribution in [3.05, 3.63) is 41.3 Å². The van der Waals surface area contributed by atoms with Crippen molar-refractivity contribution in [2.75, 3.05) is 0 Å². The fourth-order valence-corrected chi connectivity index (χ4v) is 1.73. The summed E-state index contributed by atoms with van der Waals surface area (Å²) in [4.78, 5) is 15.2. The second-order valence-electron chi connectivity index (χ2n) is 3.77. The van der Waals surface area contributed by atoms with Crippen molar-refractivity contribution >= 4 is 5.97 Å². The van der Waals surface area contributed by atoms with Gasteiger partial charge in [-0.05, 0) is 31.0 Å². The number of carboxylic acids is 1. The molecule has 0 aromatic carbocycles. The Bertz CT molecular complexity index is 561.